The number of nitro benzene ring substituents is 1. The second kappa shape index (κ2) is 8.59. The summed E-state index contributed by atoms with van der Waals surface area (Å²) in [7, 11) is 0. The standard InChI is InChI=1S/C18H18N2O4/c21-17(12-15-4-2-1-3-5-15)13-19-18(22)11-8-14-6-9-16(10-7-14)20(23)24/h1-11,17,21H,12-13H2,(H,19,22)/b11-8+. The van der Waals surface area contributed by atoms with Crippen LogP contribution in [-0.4, -0.2) is 28.6 Å². The van der Waals surface area contributed by atoms with Gasteiger partial charge in [-0.05, 0) is 29.3 Å². The first kappa shape index (κ1) is 17.4. The van der Waals surface area contributed by atoms with E-state index < -0.39 is 11.0 Å². The van der Waals surface area contributed by atoms with Crippen molar-refractivity contribution in [1.82, 2.24) is 5.32 Å². The molecule has 0 aromatic heterocycles. The van der Waals surface area contributed by atoms with E-state index in [9.17, 15) is 20.0 Å². The van der Waals surface area contributed by atoms with Gasteiger partial charge in [0, 0.05) is 31.2 Å². The third-order valence-corrected chi connectivity index (χ3v) is 3.36. The van der Waals surface area contributed by atoms with Gasteiger partial charge in [-0.2, -0.15) is 0 Å². The Labute approximate surface area is 139 Å². The van der Waals surface area contributed by atoms with Crippen LogP contribution in [0.4, 0.5) is 5.69 Å². The van der Waals surface area contributed by atoms with Crippen molar-refractivity contribution in [2.75, 3.05) is 6.54 Å². The summed E-state index contributed by atoms with van der Waals surface area (Å²) in [4.78, 5) is 21.8. The van der Waals surface area contributed by atoms with Crippen molar-refractivity contribution in [2.45, 2.75) is 12.5 Å². The second-order valence-electron chi connectivity index (χ2n) is 5.27. The summed E-state index contributed by atoms with van der Waals surface area (Å²) in [6.45, 7) is 0.151. The summed E-state index contributed by atoms with van der Waals surface area (Å²) in [5.41, 5.74) is 1.68. The molecule has 0 aliphatic heterocycles. The Morgan fingerprint density at radius 3 is 2.46 bits per heavy atom. The molecule has 0 spiro atoms. The average molecular weight is 326 g/mol. The molecule has 0 bridgehead atoms. The molecule has 0 saturated heterocycles. The van der Waals surface area contributed by atoms with E-state index >= 15 is 0 Å². The minimum Gasteiger partial charge on any atom is -0.391 e. The molecule has 1 unspecified atom stereocenters. The molecule has 6 heteroatoms. The zero-order valence-electron chi connectivity index (χ0n) is 13.0. The monoisotopic (exact) mass is 326 g/mol. The largest absolute Gasteiger partial charge is 0.391 e. The quantitative estimate of drug-likeness (QED) is 0.464. The third kappa shape index (κ3) is 5.66. The van der Waals surface area contributed by atoms with E-state index in [0.717, 1.165) is 5.56 Å². The normalized spacial score (nSPS) is 12.0. The number of carbonyl (C=O) groups is 1. The first-order valence-corrected chi connectivity index (χ1v) is 7.47. The van der Waals surface area contributed by atoms with Crippen molar-refractivity contribution >= 4 is 17.7 Å². The highest BCUT2D eigenvalue weighted by Gasteiger charge is 2.07. The fraction of sp³-hybridized carbons (Fsp3) is 0.167. The molecule has 0 radical (unpaired) electrons. The summed E-state index contributed by atoms with van der Waals surface area (Å²) in [5, 5.41) is 23.1. The number of carbonyl (C=O) groups excluding carboxylic acids is 1. The minimum atomic E-state index is -0.663. The second-order valence-corrected chi connectivity index (χ2v) is 5.27. The predicted molar refractivity (Wildman–Crippen MR) is 91.3 cm³/mol. The zero-order chi connectivity index (χ0) is 17.4. The molecule has 24 heavy (non-hydrogen) atoms. The Bertz CT molecular complexity index is 712. The van der Waals surface area contributed by atoms with Crippen molar-refractivity contribution in [3.05, 3.63) is 81.9 Å². The van der Waals surface area contributed by atoms with Gasteiger partial charge in [-0.25, -0.2) is 0 Å². The van der Waals surface area contributed by atoms with Gasteiger partial charge in [0.25, 0.3) is 5.69 Å². The number of aliphatic hydroxyl groups is 1. The van der Waals surface area contributed by atoms with E-state index in [1.807, 2.05) is 30.3 Å². The number of hydrogen-bond donors (Lipinski definition) is 2. The van der Waals surface area contributed by atoms with Crippen LogP contribution < -0.4 is 5.32 Å². The molecular formula is C18H18N2O4. The van der Waals surface area contributed by atoms with E-state index in [-0.39, 0.29) is 18.1 Å². The predicted octanol–water partition coefficient (Wildman–Crippen LogP) is 2.33. The number of nitrogens with one attached hydrogen (secondary N) is 1. The molecule has 6 nitrogen and oxygen atoms in total. The number of non-ortho nitro benzene ring substituents is 1. The molecular weight excluding hydrogens is 308 g/mol. The maximum atomic E-state index is 11.7. The molecule has 1 amide bonds. The molecule has 2 aromatic rings. The third-order valence-electron chi connectivity index (χ3n) is 3.36. The van der Waals surface area contributed by atoms with Crippen LogP contribution in [0.15, 0.2) is 60.7 Å². The lowest BCUT2D eigenvalue weighted by atomic mass is 10.1. The Balaban J connectivity index is 1.79. The average Bonchev–Trinajstić information content (AvgIpc) is 2.59. The van der Waals surface area contributed by atoms with Gasteiger partial charge in [0.1, 0.15) is 0 Å². The van der Waals surface area contributed by atoms with Gasteiger partial charge in [0.2, 0.25) is 5.91 Å². The number of aliphatic hydroxyl groups excluding tert-OH is 1. The zero-order valence-corrected chi connectivity index (χ0v) is 13.0. The lowest BCUT2D eigenvalue weighted by Crippen LogP contribution is -2.32. The number of hydrogen-bond acceptors (Lipinski definition) is 4. The van der Waals surface area contributed by atoms with Gasteiger partial charge in [-0.1, -0.05) is 30.3 Å². The van der Waals surface area contributed by atoms with Crippen molar-refractivity contribution < 1.29 is 14.8 Å². The summed E-state index contributed by atoms with van der Waals surface area (Å²) in [6.07, 6.45) is 2.69. The molecule has 0 heterocycles. The van der Waals surface area contributed by atoms with Gasteiger partial charge in [-0.15, -0.1) is 0 Å². The highest BCUT2D eigenvalue weighted by molar-refractivity contribution is 5.91. The lowest BCUT2D eigenvalue weighted by molar-refractivity contribution is -0.384. The maximum Gasteiger partial charge on any atom is 0.269 e. The van der Waals surface area contributed by atoms with Gasteiger partial charge in [0.15, 0.2) is 0 Å². The number of benzene rings is 2. The highest BCUT2D eigenvalue weighted by atomic mass is 16.6. The van der Waals surface area contributed by atoms with Crippen LogP contribution in [0.1, 0.15) is 11.1 Å². The van der Waals surface area contributed by atoms with Crippen molar-refractivity contribution in [3.63, 3.8) is 0 Å². The Morgan fingerprint density at radius 2 is 1.83 bits per heavy atom. The van der Waals surface area contributed by atoms with Gasteiger partial charge < -0.3 is 10.4 Å². The first-order chi connectivity index (χ1) is 11.5. The topological polar surface area (TPSA) is 92.5 Å². The number of nitrogens with zero attached hydrogens (tertiary/aromatic N) is 1. The summed E-state index contributed by atoms with van der Waals surface area (Å²) >= 11 is 0. The van der Waals surface area contributed by atoms with E-state index in [1.165, 1.54) is 18.2 Å². The highest BCUT2D eigenvalue weighted by Crippen LogP contribution is 2.12. The van der Waals surface area contributed by atoms with Gasteiger partial charge in [0.05, 0.1) is 11.0 Å². The van der Waals surface area contributed by atoms with E-state index in [1.54, 1.807) is 18.2 Å². The Hall–Kier alpha value is -2.99. The molecule has 2 rings (SSSR count). The molecule has 0 aliphatic rings. The van der Waals surface area contributed by atoms with Crippen LogP contribution >= 0.6 is 0 Å². The summed E-state index contributed by atoms with van der Waals surface area (Å²) < 4.78 is 0. The first-order valence-electron chi connectivity index (χ1n) is 7.47. The SMILES string of the molecule is O=C(/C=C/c1ccc([N+](=O)[O-])cc1)NCC(O)Cc1ccccc1. The molecule has 1 atom stereocenters. The maximum absolute atomic E-state index is 11.7. The fourth-order valence-corrected chi connectivity index (χ4v) is 2.11. The Morgan fingerprint density at radius 1 is 1.17 bits per heavy atom. The van der Waals surface area contributed by atoms with Crippen molar-refractivity contribution in [2.24, 2.45) is 0 Å². The lowest BCUT2D eigenvalue weighted by Gasteiger charge is -2.10. The van der Waals surface area contributed by atoms with Crippen LogP contribution in [0.5, 0.6) is 0 Å². The Kier molecular flexibility index (Phi) is 6.22. The summed E-state index contributed by atoms with van der Waals surface area (Å²) in [6, 6.07) is 15.4. The van der Waals surface area contributed by atoms with Gasteiger partial charge >= 0.3 is 0 Å². The van der Waals surface area contributed by atoms with E-state index in [2.05, 4.69) is 5.32 Å². The fourth-order valence-electron chi connectivity index (χ4n) is 2.11. The van der Waals surface area contributed by atoms with Gasteiger partial charge in [-0.3, -0.25) is 14.9 Å². The van der Waals surface area contributed by atoms with E-state index in [0.29, 0.717) is 12.0 Å². The number of amides is 1. The molecule has 2 N–H and O–H groups in total. The van der Waals surface area contributed by atoms with Crippen LogP contribution in [0, 0.1) is 10.1 Å². The van der Waals surface area contributed by atoms with E-state index in [4.69, 9.17) is 0 Å². The van der Waals surface area contributed by atoms with Crippen molar-refractivity contribution in [3.8, 4) is 0 Å². The van der Waals surface area contributed by atoms with Crippen LogP contribution in [0.25, 0.3) is 6.08 Å². The van der Waals surface area contributed by atoms with Crippen LogP contribution in [0.2, 0.25) is 0 Å². The minimum absolute atomic E-state index is 0.000589. The molecule has 0 saturated carbocycles. The van der Waals surface area contributed by atoms with Crippen molar-refractivity contribution in [1.29, 1.82) is 0 Å². The molecule has 0 aliphatic carbocycles. The molecule has 0 fully saturated rings. The number of nitro groups is 1. The van der Waals surface area contributed by atoms with Crippen LogP contribution in [-0.2, 0) is 11.2 Å². The molecule has 124 valence electrons. The molecule has 2 aromatic carbocycles. The smallest absolute Gasteiger partial charge is 0.269 e. The summed E-state index contributed by atoms with van der Waals surface area (Å²) in [5.74, 6) is -0.333. The number of rotatable bonds is 7. The van der Waals surface area contributed by atoms with Crippen LogP contribution in [0.3, 0.4) is 0 Å².